The van der Waals surface area contributed by atoms with Gasteiger partial charge in [-0.05, 0) is 37.5 Å². The zero-order valence-corrected chi connectivity index (χ0v) is 13.9. The Morgan fingerprint density at radius 2 is 2.10 bits per heavy atom. The van der Waals surface area contributed by atoms with Crippen LogP contribution in [-0.2, 0) is 21.3 Å². The fourth-order valence-electron chi connectivity index (χ4n) is 2.60. The van der Waals surface area contributed by atoms with Crippen LogP contribution in [-0.4, -0.2) is 21.4 Å². The molecule has 1 aliphatic rings. The zero-order chi connectivity index (χ0) is 15.2. The molecular weight excluding hydrogens is 306 g/mol. The van der Waals surface area contributed by atoms with Crippen molar-refractivity contribution in [1.82, 2.24) is 5.32 Å². The molecule has 1 amide bonds. The monoisotopic (exact) mass is 327 g/mol. The molecule has 2 rings (SSSR count). The molecule has 1 saturated carbocycles. The molecule has 1 aromatic rings. The first-order valence-corrected chi connectivity index (χ1v) is 9.24. The Bertz CT molecular complexity index is 515. The second kappa shape index (κ2) is 7.95. The van der Waals surface area contributed by atoms with Crippen molar-refractivity contribution in [2.75, 3.05) is 0 Å². The van der Waals surface area contributed by atoms with Gasteiger partial charge >= 0.3 is 0 Å². The molecule has 0 heterocycles. The van der Waals surface area contributed by atoms with Gasteiger partial charge in [0.2, 0.25) is 5.91 Å². The third-order valence-corrected chi connectivity index (χ3v) is 5.77. The average molecular weight is 328 g/mol. The summed E-state index contributed by atoms with van der Waals surface area (Å²) < 4.78 is 12.3. The number of carbonyl (C=O) groups is 1. The van der Waals surface area contributed by atoms with Crippen molar-refractivity contribution < 1.29 is 9.00 Å². The van der Waals surface area contributed by atoms with Crippen LogP contribution in [0.1, 0.15) is 44.6 Å². The van der Waals surface area contributed by atoms with Gasteiger partial charge in [-0.2, -0.15) is 0 Å². The maximum atomic E-state index is 12.3. The number of nitrogens with one attached hydrogen (secondary N) is 1. The van der Waals surface area contributed by atoms with Gasteiger partial charge in [0, 0.05) is 27.6 Å². The van der Waals surface area contributed by atoms with Crippen LogP contribution in [0.3, 0.4) is 0 Å². The molecule has 0 aromatic heterocycles. The van der Waals surface area contributed by atoms with Crippen molar-refractivity contribution in [3.8, 4) is 0 Å². The predicted octanol–water partition coefficient (Wildman–Crippen LogP) is 3.43. The largest absolute Gasteiger partial charge is 0.352 e. The minimum atomic E-state index is -1.23. The first kappa shape index (κ1) is 16.5. The van der Waals surface area contributed by atoms with Gasteiger partial charge in [0.05, 0.1) is 0 Å². The van der Waals surface area contributed by atoms with Crippen LogP contribution >= 0.6 is 11.6 Å². The fourth-order valence-corrected chi connectivity index (χ4v) is 3.88. The topological polar surface area (TPSA) is 46.2 Å². The molecule has 0 bridgehead atoms. The van der Waals surface area contributed by atoms with Crippen molar-refractivity contribution in [2.24, 2.45) is 0 Å². The summed E-state index contributed by atoms with van der Waals surface area (Å²) in [4.78, 5) is 12.2. The SMILES string of the molecule is C[C@@H](C(=O)NC1CCCCC1)[S@@](=O)Cc1cccc(Cl)c1. The van der Waals surface area contributed by atoms with Gasteiger partial charge in [-0.25, -0.2) is 0 Å². The van der Waals surface area contributed by atoms with E-state index in [1.807, 2.05) is 12.1 Å². The average Bonchev–Trinajstić information content (AvgIpc) is 2.47. The fraction of sp³-hybridized carbons (Fsp3) is 0.562. The molecule has 0 radical (unpaired) electrons. The molecule has 1 fully saturated rings. The number of hydrogen-bond acceptors (Lipinski definition) is 2. The van der Waals surface area contributed by atoms with Crippen LogP contribution < -0.4 is 5.32 Å². The van der Waals surface area contributed by atoms with E-state index in [2.05, 4.69) is 5.32 Å². The lowest BCUT2D eigenvalue weighted by Crippen LogP contribution is -2.42. The second-order valence-electron chi connectivity index (χ2n) is 5.64. The van der Waals surface area contributed by atoms with Crippen molar-refractivity contribution in [1.29, 1.82) is 0 Å². The summed E-state index contributed by atoms with van der Waals surface area (Å²) in [5.41, 5.74) is 0.901. The lowest BCUT2D eigenvalue weighted by atomic mass is 9.95. The molecule has 5 heteroatoms. The smallest absolute Gasteiger partial charge is 0.235 e. The van der Waals surface area contributed by atoms with Crippen LogP contribution in [0.2, 0.25) is 5.02 Å². The molecule has 2 atom stereocenters. The molecule has 0 aliphatic heterocycles. The third kappa shape index (κ3) is 5.11. The molecule has 116 valence electrons. The summed E-state index contributed by atoms with van der Waals surface area (Å²) in [7, 11) is -1.23. The summed E-state index contributed by atoms with van der Waals surface area (Å²) in [5.74, 6) is 0.266. The lowest BCUT2D eigenvalue weighted by molar-refractivity contribution is -0.121. The minimum Gasteiger partial charge on any atom is -0.352 e. The van der Waals surface area contributed by atoms with Crippen molar-refractivity contribution in [3.05, 3.63) is 34.9 Å². The molecule has 0 spiro atoms. The Morgan fingerprint density at radius 3 is 2.76 bits per heavy atom. The van der Waals surface area contributed by atoms with Crippen molar-refractivity contribution >= 4 is 28.3 Å². The van der Waals surface area contributed by atoms with Crippen LogP contribution in [0.5, 0.6) is 0 Å². The van der Waals surface area contributed by atoms with Gasteiger partial charge in [0.1, 0.15) is 5.25 Å². The van der Waals surface area contributed by atoms with Crippen LogP contribution in [0.4, 0.5) is 0 Å². The van der Waals surface area contributed by atoms with Gasteiger partial charge in [0.15, 0.2) is 0 Å². The van der Waals surface area contributed by atoms with E-state index in [9.17, 15) is 9.00 Å². The first-order valence-electron chi connectivity index (χ1n) is 7.48. The number of carbonyl (C=O) groups excluding carboxylic acids is 1. The number of amides is 1. The second-order valence-corrected chi connectivity index (χ2v) is 7.83. The van der Waals surface area contributed by atoms with Crippen LogP contribution in [0.25, 0.3) is 0 Å². The first-order chi connectivity index (χ1) is 10.1. The molecule has 3 nitrogen and oxygen atoms in total. The van der Waals surface area contributed by atoms with E-state index >= 15 is 0 Å². The molecule has 0 unspecified atom stereocenters. The normalized spacial score (nSPS) is 19.0. The summed E-state index contributed by atoms with van der Waals surface area (Å²) in [5, 5.41) is 3.17. The molecule has 0 saturated heterocycles. The highest BCUT2D eigenvalue weighted by molar-refractivity contribution is 7.85. The number of benzene rings is 1. The highest BCUT2D eigenvalue weighted by atomic mass is 35.5. The predicted molar refractivity (Wildman–Crippen MR) is 87.8 cm³/mol. The summed E-state index contributed by atoms with van der Waals surface area (Å²) in [6.45, 7) is 1.73. The standard InChI is InChI=1S/C16H22ClNO2S/c1-12(16(19)18-15-8-3-2-4-9-15)21(20)11-13-6-5-7-14(17)10-13/h5-7,10,12,15H,2-4,8-9,11H2,1H3,(H,18,19)/t12-,21-/m0/s1. The quantitative estimate of drug-likeness (QED) is 0.900. The number of hydrogen-bond donors (Lipinski definition) is 1. The zero-order valence-electron chi connectivity index (χ0n) is 12.3. The highest BCUT2D eigenvalue weighted by Gasteiger charge is 2.23. The van der Waals surface area contributed by atoms with E-state index in [-0.39, 0.29) is 11.9 Å². The Kier molecular flexibility index (Phi) is 6.24. The van der Waals surface area contributed by atoms with Gasteiger partial charge in [-0.3, -0.25) is 9.00 Å². The van der Waals surface area contributed by atoms with Gasteiger partial charge in [0.25, 0.3) is 0 Å². The summed E-state index contributed by atoms with van der Waals surface area (Å²) in [6.07, 6.45) is 5.68. The molecule has 1 N–H and O–H groups in total. The van der Waals surface area contributed by atoms with Gasteiger partial charge in [-0.15, -0.1) is 0 Å². The Morgan fingerprint density at radius 1 is 1.38 bits per heavy atom. The number of halogens is 1. The lowest BCUT2D eigenvalue weighted by Gasteiger charge is -2.24. The van der Waals surface area contributed by atoms with E-state index in [0.717, 1.165) is 18.4 Å². The van der Waals surface area contributed by atoms with Crippen molar-refractivity contribution in [2.45, 2.75) is 56.1 Å². The van der Waals surface area contributed by atoms with Gasteiger partial charge < -0.3 is 5.32 Å². The summed E-state index contributed by atoms with van der Waals surface area (Å²) >= 11 is 5.92. The van der Waals surface area contributed by atoms with E-state index in [1.165, 1.54) is 19.3 Å². The minimum absolute atomic E-state index is 0.0951. The van der Waals surface area contributed by atoms with Crippen LogP contribution in [0.15, 0.2) is 24.3 Å². The Labute approximate surface area is 133 Å². The Hall–Kier alpha value is -0.870. The molecule has 1 aliphatic carbocycles. The molecule has 1 aromatic carbocycles. The summed E-state index contributed by atoms with van der Waals surface area (Å²) in [6, 6.07) is 7.56. The van der Waals surface area contributed by atoms with E-state index < -0.39 is 16.0 Å². The molecular formula is C16H22ClNO2S. The molecule has 21 heavy (non-hydrogen) atoms. The maximum Gasteiger partial charge on any atom is 0.235 e. The van der Waals surface area contributed by atoms with Crippen molar-refractivity contribution in [3.63, 3.8) is 0 Å². The number of rotatable bonds is 5. The van der Waals surface area contributed by atoms with E-state index in [0.29, 0.717) is 10.8 Å². The van der Waals surface area contributed by atoms with Crippen LogP contribution in [0, 0.1) is 0 Å². The third-order valence-electron chi connectivity index (χ3n) is 3.91. The Balaban J connectivity index is 1.87. The van der Waals surface area contributed by atoms with E-state index in [1.54, 1.807) is 19.1 Å². The van der Waals surface area contributed by atoms with Gasteiger partial charge in [-0.1, -0.05) is 43.0 Å². The van der Waals surface area contributed by atoms with E-state index in [4.69, 9.17) is 11.6 Å². The maximum absolute atomic E-state index is 12.3. The highest BCUT2D eigenvalue weighted by Crippen LogP contribution is 2.18.